The van der Waals surface area contributed by atoms with Crippen molar-refractivity contribution in [1.29, 1.82) is 0 Å². The number of hydrogen-bond donors (Lipinski definition) is 1. The smallest absolute Gasteiger partial charge is 0.0645 e. The molecule has 0 saturated carbocycles. The van der Waals surface area contributed by atoms with Crippen molar-refractivity contribution in [2.45, 2.75) is 46.6 Å². The highest BCUT2D eigenvalue weighted by Gasteiger charge is 2.29. The van der Waals surface area contributed by atoms with Gasteiger partial charge in [-0.3, -0.25) is 0 Å². The zero-order valence-electron chi connectivity index (χ0n) is 13.6. The highest BCUT2D eigenvalue weighted by Crippen LogP contribution is 2.36. The zero-order chi connectivity index (χ0) is 15.3. The predicted octanol–water partition coefficient (Wildman–Crippen LogP) is 4.35. The Labute approximate surface area is 128 Å². The third kappa shape index (κ3) is 3.73. The van der Waals surface area contributed by atoms with Crippen LogP contribution in [0.4, 0.5) is 0 Å². The van der Waals surface area contributed by atoms with E-state index < -0.39 is 0 Å². The monoisotopic (exact) mass is 285 g/mol. The Balaban J connectivity index is 2.27. The molecular formula is C18H27N3. The van der Waals surface area contributed by atoms with Crippen LogP contribution in [0.15, 0.2) is 42.7 Å². The lowest BCUT2D eigenvalue weighted by Crippen LogP contribution is -2.34. The number of aromatic nitrogens is 2. The van der Waals surface area contributed by atoms with Gasteiger partial charge < -0.3 is 5.32 Å². The fraction of sp³-hybridized carbons (Fsp3) is 0.500. The van der Waals surface area contributed by atoms with Crippen molar-refractivity contribution in [1.82, 2.24) is 15.1 Å². The lowest BCUT2D eigenvalue weighted by atomic mass is 9.79. The van der Waals surface area contributed by atoms with Gasteiger partial charge in [-0.25, -0.2) is 4.68 Å². The number of hydrogen-bond acceptors (Lipinski definition) is 2. The van der Waals surface area contributed by atoms with E-state index in [0.29, 0.717) is 6.04 Å². The summed E-state index contributed by atoms with van der Waals surface area (Å²) in [5.74, 6) is 0. The molecule has 0 aliphatic heterocycles. The fourth-order valence-corrected chi connectivity index (χ4v) is 2.55. The summed E-state index contributed by atoms with van der Waals surface area (Å²) in [5.41, 5.74) is 2.58. The fourth-order valence-electron chi connectivity index (χ4n) is 2.55. The Bertz CT molecular complexity index is 543. The lowest BCUT2D eigenvalue weighted by Gasteiger charge is -2.33. The second-order valence-electron chi connectivity index (χ2n) is 6.28. The molecule has 1 unspecified atom stereocenters. The van der Waals surface area contributed by atoms with Gasteiger partial charge in [0.15, 0.2) is 0 Å². The van der Waals surface area contributed by atoms with Gasteiger partial charge >= 0.3 is 0 Å². The quantitative estimate of drug-likeness (QED) is 0.819. The van der Waals surface area contributed by atoms with Crippen molar-refractivity contribution in [3.05, 3.63) is 48.3 Å². The van der Waals surface area contributed by atoms with Gasteiger partial charge in [0.05, 0.1) is 11.9 Å². The highest BCUT2D eigenvalue weighted by molar-refractivity contribution is 5.31. The normalized spacial score (nSPS) is 13.3. The minimum Gasteiger partial charge on any atom is -0.309 e. The van der Waals surface area contributed by atoms with Crippen LogP contribution in [-0.4, -0.2) is 16.3 Å². The van der Waals surface area contributed by atoms with Crippen LogP contribution >= 0.6 is 0 Å². The average Bonchev–Trinajstić information content (AvgIpc) is 2.98. The van der Waals surface area contributed by atoms with E-state index in [0.717, 1.165) is 25.1 Å². The van der Waals surface area contributed by atoms with Crippen molar-refractivity contribution in [2.75, 3.05) is 6.54 Å². The second kappa shape index (κ2) is 6.90. The van der Waals surface area contributed by atoms with Gasteiger partial charge in [0.2, 0.25) is 0 Å². The van der Waals surface area contributed by atoms with Gasteiger partial charge in [-0.15, -0.1) is 0 Å². The SMILES string of the molecule is CCCNC(c1cnn(-c2ccccc2)c1)C(C)(C)CC. The minimum atomic E-state index is 0.208. The van der Waals surface area contributed by atoms with Gasteiger partial charge in [-0.1, -0.05) is 45.9 Å². The Morgan fingerprint density at radius 3 is 2.52 bits per heavy atom. The zero-order valence-corrected chi connectivity index (χ0v) is 13.6. The number of nitrogens with one attached hydrogen (secondary N) is 1. The summed E-state index contributed by atoms with van der Waals surface area (Å²) in [4.78, 5) is 0. The minimum absolute atomic E-state index is 0.208. The molecule has 3 nitrogen and oxygen atoms in total. The standard InChI is InChI=1S/C18H27N3/c1-5-12-19-17(18(3,4)6-2)15-13-20-21(14-15)16-10-8-7-9-11-16/h7-11,13-14,17,19H,5-6,12H2,1-4H3. The largest absolute Gasteiger partial charge is 0.309 e. The summed E-state index contributed by atoms with van der Waals surface area (Å²) in [6.45, 7) is 10.1. The number of nitrogens with zero attached hydrogens (tertiary/aromatic N) is 2. The second-order valence-corrected chi connectivity index (χ2v) is 6.28. The van der Waals surface area contributed by atoms with E-state index in [9.17, 15) is 0 Å². The van der Waals surface area contributed by atoms with Crippen LogP contribution in [0.1, 0.15) is 52.1 Å². The molecule has 0 fully saturated rings. The van der Waals surface area contributed by atoms with Crippen LogP contribution in [-0.2, 0) is 0 Å². The molecular weight excluding hydrogens is 258 g/mol. The molecule has 2 rings (SSSR count). The molecule has 1 aromatic heterocycles. The average molecular weight is 285 g/mol. The molecule has 0 bridgehead atoms. The van der Waals surface area contributed by atoms with E-state index in [1.54, 1.807) is 0 Å². The third-order valence-corrected chi connectivity index (χ3v) is 4.25. The third-order valence-electron chi connectivity index (χ3n) is 4.25. The molecule has 3 heteroatoms. The van der Waals surface area contributed by atoms with Gasteiger partial charge in [-0.05, 0) is 36.9 Å². The van der Waals surface area contributed by atoms with Crippen LogP contribution in [0.2, 0.25) is 0 Å². The molecule has 2 aromatic rings. The van der Waals surface area contributed by atoms with Crippen molar-refractivity contribution in [3.63, 3.8) is 0 Å². The first-order valence-electron chi connectivity index (χ1n) is 7.92. The highest BCUT2D eigenvalue weighted by atomic mass is 15.3. The molecule has 0 aliphatic carbocycles. The van der Waals surface area contributed by atoms with E-state index in [-0.39, 0.29) is 5.41 Å². The molecule has 1 aromatic carbocycles. The van der Waals surface area contributed by atoms with Crippen molar-refractivity contribution < 1.29 is 0 Å². The Kier molecular flexibility index (Phi) is 5.18. The molecule has 0 aliphatic rings. The molecule has 0 amide bonds. The van der Waals surface area contributed by atoms with Gasteiger partial charge in [0, 0.05) is 17.8 Å². The topological polar surface area (TPSA) is 29.9 Å². The van der Waals surface area contributed by atoms with E-state index in [2.05, 4.69) is 56.4 Å². The lowest BCUT2D eigenvalue weighted by molar-refractivity contribution is 0.234. The number of benzene rings is 1. The Morgan fingerprint density at radius 1 is 1.19 bits per heavy atom. The number of para-hydroxylation sites is 1. The van der Waals surface area contributed by atoms with E-state index in [1.807, 2.05) is 29.1 Å². The van der Waals surface area contributed by atoms with Crippen LogP contribution in [0.25, 0.3) is 5.69 Å². The van der Waals surface area contributed by atoms with Crippen molar-refractivity contribution in [2.24, 2.45) is 5.41 Å². The molecule has 0 radical (unpaired) electrons. The van der Waals surface area contributed by atoms with Crippen molar-refractivity contribution in [3.8, 4) is 5.69 Å². The summed E-state index contributed by atoms with van der Waals surface area (Å²) in [5, 5.41) is 8.23. The summed E-state index contributed by atoms with van der Waals surface area (Å²) >= 11 is 0. The maximum Gasteiger partial charge on any atom is 0.0645 e. The van der Waals surface area contributed by atoms with E-state index in [1.165, 1.54) is 5.56 Å². The van der Waals surface area contributed by atoms with Gasteiger partial charge in [0.1, 0.15) is 0 Å². The van der Waals surface area contributed by atoms with Gasteiger partial charge in [0.25, 0.3) is 0 Å². The molecule has 0 spiro atoms. The Morgan fingerprint density at radius 2 is 1.90 bits per heavy atom. The summed E-state index contributed by atoms with van der Waals surface area (Å²) in [6, 6.07) is 10.6. The molecule has 1 N–H and O–H groups in total. The summed E-state index contributed by atoms with van der Waals surface area (Å²) < 4.78 is 1.96. The molecule has 21 heavy (non-hydrogen) atoms. The molecule has 0 saturated heterocycles. The number of rotatable bonds is 7. The van der Waals surface area contributed by atoms with Crippen LogP contribution in [0.3, 0.4) is 0 Å². The maximum atomic E-state index is 4.54. The first-order valence-corrected chi connectivity index (χ1v) is 7.92. The van der Waals surface area contributed by atoms with Gasteiger partial charge in [-0.2, -0.15) is 5.10 Å². The molecule has 1 atom stereocenters. The molecule has 1 heterocycles. The first kappa shape index (κ1) is 15.8. The van der Waals surface area contributed by atoms with Crippen LogP contribution in [0, 0.1) is 5.41 Å². The van der Waals surface area contributed by atoms with Crippen molar-refractivity contribution >= 4 is 0 Å². The van der Waals surface area contributed by atoms with E-state index in [4.69, 9.17) is 0 Å². The molecule has 114 valence electrons. The first-order chi connectivity index (χ1) is 10.1. The summed E-state index contributed by atoms with van der Waals surface area (Å²) in [7, 11) is 0. The van der Waals surface area contributed by atoms with Crippen LogP contribution in [0.5, 0.6) is 0 Å². The Hall–Kier alpha value is -1.61. The summed E-state index contributed by atoms with van der Waals surface area (Å²) in [6.07, 6.45) is 6.42. The predicted molar refractivity (Wildman–Crippen MR) is 88.7 cm³/mol. The maximum absolute atomic E-state index is 4.54. The van der Waals surface area contributed by atoms with Crippen LogP contribution < -0.4 is 5.32 Å². The van der Waals surface area contributed by atoms with E-state index >= 15 is 0 Å².